The van der Waals surface area contributed by atoms with Crippen LogP contribution in [-0.2, 0) is 17.9 Å². The maximum absolute atomic E-state index is 13.8. The van der Waals surface area contributed by atoms with Crippen molar-refractivity contribution in [3.05, 3.63) is 91.1 Å². The summed E-state index contributed by atoms with van der Waals surface area (Å²) >= 11 is 6.11. The third-order valence-corrected chi connectivity index (χ3v) is 5.84. The van der Waals surface area contributed by atoms with Gasteiger partial charge < -0.3 is 10.5 Å². The summed E-state index contributed by atoms with van der Waals surface area (Å²) < 4.78 is 7.06. The molecule has 176 valence electrons. The van der Waals surface area contributed by atoms with E-state index in [1.165, 1.54) is 9.47 Å². The minimum Gasteiger partial charge on any atom is -0.488 e. The fourth-order valence-corrected chi connectivity index (χ4v) is 4.02. The zero-order valence-corrected chi connectivity index (χ0v) is 19.5. The Morgan fingerprint density at radius 2 is 1.97 bits per heavy atom. The molecule has 1 aliphatic rings. The second kappa shape index (κ2) is 10.0. The number of rotatable bonds is 7. The second-order valence-electron chi connectivity index (χ2n) is 8.02. The Hall–Kier alpha value is -3.78. The molecule has 3 aromatic rings. The van der Waals surface area contributed by atoms with E-state index in [1.54, 1.807) is 24.3 Å². The molecule has 1 aromatic heterocycles. The molecule has 0 fully saturated rings. The number of hydrogen-bond donors (Lipinski definition) is 2. The Kier molecular flexibility index (Phi) is 6.88. The number of carbonyl (C=O) groups is 1. The number of ether oxygens (including phenoxy) is 1. The van der Waals surface area contributed by atoms with Gasteiger partial charge in [0.15, 0.2) is 5.69 Å². The summed E-state index contributed by atoms with van der Waals surface area (Å²) in [6.45, 7) is 2.42. The molecule has 0 aliphatic carbocycles. The van der Waals surface area contributed by atoms with E-state index in [0.717, 1.165) is 12.0 Å². The molecule has 2 aromatic carbocycles. The fourth-order valence-electron chi connectivity index (χ4n) is 3.84. The number of nitrogens with zero attached hydrogens (tertiary/aromatic N) is 2. The summed E-state index contributed by atoms with van der Waals surface area (Å²) in [5, 5.41) is 0.511. The predicted molar refractivity (Wildman–Crippen MR) is 133 cm³/mol. The lowest BCUT2D eigenvalue weighted by Crippen LogP contribution is -2.42. The lowest BCUT2D eigenvalue weighted by atomic mass is 10.1. The van der Waals surface area contributed by atoms with Gasteiger partial charge in [-0.2, -0.15) is 0 Å². The van der Waals surface area contributed by atoms with Crippen molar-refractivity contribution in [2.24, 2.45) is 0 Å². The third kappa shape index (κ3) is 4.77. The van der Waals surface area contributed by atoms with Gasteiger partial charge in [-0.25, -0.2) is 4.79 Å². The van der Waals surface area contributed by atoms with Gasteiger partial charge >= 0.3 is 5.69 Å². The van der Waals surface area contributed by atoms with Gasteiger partial charge in [-0.15, -0.1) is 0 Å². The fraction of sp³-hybridized carbons (Fsp3) is 0.240. The lowest BCUT2D eigenvalue weighted by molar-refractivity contribution is -0.115. The Morgan fingerprint density at radius 1 is 1.21 bits per heavy atom. The van der Waals surface area contributed by atoms with Crippen LogP contribution >= 0.6 is 11.6 Å². The number of carbonyl (C=O) groups excluding carboxylic acids is 1. The third-order valence-electron chi connectivity index (χ3n) is 5.61. The minimum absolute atomic E-state index is 0.0199. The first-order valence-electron chi connectivity index (χ1n) is 11.0. The van der Waals surface area contributed by atoms with Crippen LogP contribution in [-0.4, -0.2) is 22.1 Å². The van der Waals surface area contributed by atoms with Crippen LogP contribution in [0.25, 0.3) is 6.08 Å². The standard InChI is InChI=1S/C25H25ClN4O4/c1-2-3-11-29-22(27)21(23(31)28-25(29)33)30(14-16-7-5-4-6-8-16)24(32)18-12-17-13-19(26)9-10-20(17)34-15-18/h4-10,12-13H,2-3,11,14-15,27H2,1H3,(H,28,31,33). The van der Waals surface area contributed by atoms with E-state index in [1.807, 2.05) is 37.3 Å². The highest BCUT2D eigenvalue weighted by Gasteiger charge is 2.28. The van der Waals surface area contributed by atoms with Gasteiger partial charge in [0.2, 0.25) is 0 Å². The Labute approximate surface area is 201 Å². The van der Waals surface area contributed by atoms with Crippen molar-refractivity contribution in [2.75, 3.05) is 17.2 Å². The summed E-state index contributed by atoms with van der Waals surface area (Å²) in [6.07, 6.45) is 3.22. The molecule has 0 spiro atoms. The largest absolute Gasteiger partial charge is 0.488 e. The Balaban J connectivity index is 1.82. The van der Waals surface area contributed by atoms with Crippen LogP contribution in [0.2, 0.25) is 5.02 Å². The summed E-state index contributed by atoms with van der Waals surface area (Å²) in [6, 6.07) is 14.4. The number of nitrogens with one attached hydrogen (secondary N) is 1. The van der Waals surface area contributed by atoms with Crippen LogP contribution in [0.3, 0.4) is 0 Å². The van der Waals surface area contributed by atoms with E-state index in [0.29, 0.717) is 34.9 Å². The number of fused-ring (bicyclic) bond motifs is 1. The number of unbranched alkanes of at least 4 members (excludes halogenated alkanes) is 1. The van der Waals surface area contributed by atoms with Gasteiger partial charge in [0.05, 0.1) is 12.1 Å². The van der Waals surface area contributed by atoms with Gasteiger partial charge in [0.25, 0.3) is 11.5 Å². The molecule has 4 rings (SSSR count). The molecule has 0 atom stereocenters. The van der Waals surface area contributed by atoms with Crippen LogP contribution in [0.5, 0.6) is 5.75 Å². The van der Waals surface area contributed by atoms with Crippen LogP contribution in [0, 0.1) is 0 Å². The van der Waals surface area contributed by atoms with Gasteiger partial charge in [-0.3, -0.25) is 24.0 Å². The van der Waals surface area contributed by atoms with Gasteiger partial charge in [-0.05, 0) is 36.3 Å². The lowest BCUT2D eigenvalue weighted by Gasteiger charge is -2.27. The van der Waals surface area contributed by atoms with E-state index in [9.17, 15) is 14.4 Å². The average Bonchev–Trinajstić information content (AvgIpc) is 2.83. The molecular weight excluding hydrogens is 456 g/mol. The topological polar surface area (TPSA) is 110 Å². The molecular formula is C25H25ClN4O4. The van der Waals surface area contributed by atoms with Crippen molar-refractivity contribution in [3.63, 3.8) is 0 Å². The first kappa shape index (κ1) is 23.4. The molecule has 1 amide bonds. The van der Waals surface area contributed by atoms with Crippen molar-refractivity contribution in [1.29, 1.82) is 0 Å². The molecule has 9 heteroatoms. The van der Waals surface area contributed by atoms with Gasteiger partial charge in [-0.1, -0.05) is 55.3 Å². The number of aromatic nitrogens is 2. The van der Waals surface area contributed by atoms with Gasteiger partial charge in [0.1, 0.15) is 18.2 Å². The maximum atomic E-state index is 13.8. The van der Waals surface area contributed by atoms with E-state index in [4.69, 9.17) is 22.1 Å². The maximum Gasteiger partial charge on any atom is 0.330 e. The molecule has 0 unspecified atom stereocenters. The molecule has 0 saturated heterocycles. The molecule has 0 radical (unpaired) electrons. The van der Waals surface area contributed by atoms with E-state index < -0.39 is 17.2 Å². The molecule has 0 saturated carbocycles. The van der Waals surface area contributed by atoms with Crippen LogP contribution < -0.4 is 26.6 Å². The monoisotopic (exact) mass is 480 g/mol. The molecule has 0 bridgehead atoms. The molecule has 1 aliphatic heterocycles. The normalized spacial score (nSPS) is 12.5. The molecule has 2 heterocycles. The highest BCUT2D eigenvalue weighted by molar-refractivity contribution is 6.30. The van der Waals surface area contributed by atoms with Crippen LogP contribution in [0.1, 0.15) is 30.9 Å². The van der Waals surface area contributed by atoms with Crippen LogP contribution in [0.4, 0.5) is 11.5 Å². The van der Waals surface area contributed by atoms with Crippen LogP contribution in [0.15, 0.2) is 63.7 Å². The summed E-state index contributed by atoms with van der Waals surface area (Å²) in [4.78, 5) is 42.7. The van der Waals surface area contributed by atoms with Crippen molar-refractivity contribution < 1.29 is 9.53 Å². The average molecular weight is 481 g/mol. The number of hydrogen-bond acceptors (Lipinski definition) is 5. The Bertz CT molecular complexity index is 1360. The minimum atomic E-state index is -0.722. The number of amides is 1. The van der Waals surface area contributed by atoms with Crippen molar-refractivity contribution in [3.8, 4) is 5.75 Å². The quantitative estimate of drug-likeness (QED) is 0.537. The van der Waals surface area contributed by atoms with Crippen molar-refractivity contribution in [1.82, 2.24) is 9.55 Å². The number of nitrogens with two attached hydrogens (primary N) is 1. The van der Waals surface area contributed by atoms with E-state index >= 15 is 0 Å². The number of benzene rings is 2. The zero-order valence-electron chi connectivity index (χ0n) is 18.7. The number of anilines is 2. The molecule has 34 heavy (non-hydrogen) atoms. The highest BCUT2D eigenvalue weighted by Crippen LogP contribution is 2.31. The molecule has 8 nitrogen and oxygen atoms in total. The second-order valence-corrected chi connectivity index (χ2v) is 8.45. The predicted octanol–water partition coefficient (Wildman–Crippen LogP) is 3.58. The number of halogens is 1. The number of aromatic amines is 1. The van der Waals surface area contributed by atoms with E-state index in [-0.39, 0.29) is 24.7 Å². The first-order valence-corrected chi connectivity index (χ1v) is 11.4. The Morgan fingerprint density at radius 3 is 2.71 bits per heavy atom. The smallest absolute Gasteiger partial charge is 0.330 e. The number of H-pyrrole nitrogens is 1. The summed E-state index contributed by atoms with van der Waals surface area (Å²) in [5.41, 5.74) is 6.72. The summed E-state index contributed by atoms with van der Waals surface area (Å²) in [7, 11) is 0. The zero-order chi connectivity index (χ0) is 24.2. The summed E-state index contributed by atoms with van der Waals surface area (Å²) in [5.74, 6) is 0.112. The SMILES string of the molecule is CCCCn1c(N)c(N(Cc2ccccc2)C(=O)C2=Cc3cc(Cl)ccc3OC2)c(=O)[nH]c1=O. The molecule has 3 N–H and O–H groups in total. The number of nitrogen functional groups attached to an aromatic ring is 1. The van der Waals surface area contributed by atoms with Crippen molar-refractivity contribution in [2.45, 2.75) is 32.9 Å². The first-order chi connectivity index (χ1) is 16.4. The van der Waals surface area contributed by atoms with E-state index in [2.05, 4.69) is 4.98 Å². The van der Waals surface area contributed by atoms with Crippen molar-refractivity contribution >= 4 is 35.1 Å². The van der Waals surface area contributed by atoms with Gasteiger partial charge in [0, 0.05) is 17.1 Å². The highest BCUT2D eigenvalue weighted by atomic mass is 35.5.